The van der Waals surface area contributed by atoms with Crippen LogP contribution in [0.25, 0.3) is 0 Å². The molecule has 1 heterocycles. The van der Waals surface area contributed by atoms with Crippen LogP contribution in [0.3, 0.4) is 0 Å². The number of hydrogen-bond donors (Lipinski definition) is 2. The third-order valence-corrected chi connectivity index (χ3v) is 2.75. The highest BCUT2D eigenvalue weighted by atomic mass is 35.5. The lowest BCUT2D eigenvalue weighted by molar-refractivity contribution is 0.0994. The zero-order chi connectivity index (χ0) is 11.5. The largest absolute Gasteiger partial charge is 0.488 e. The van der Waals surface area contributed by atoms with Crippen LogP contribution in [0.2, 0.25) is 5.02 Å². The Labute approximate surface area is 98.7 Å². The van der Waals surface area contributed by atoms with Crippen molar-refractivity contribution in [1.29, 1.82) is 0 Å². The number of primary amides is 1. The number of nitrogens with one attached hydrogen (secondary N) is 1. The monoisotopic (exact) mass is 240 g/mol. The second-order valence-corrected chi connectivity index (χ2v) is 4.17. The topological polar surface area (TPSA) is 64.4 Å². The van der Waals surface area contributed by atoms with Gasteiger partial charge in [-0.05, 0) is 31.2 Å². The normalized spacial score (nSPS) is 19.7. The molecule has 3 N–H and O–H groups in total. The summed E-state index contributed by atoms with van der Waals surface area (Å²) in [5.74, 6) is -0.0358. The lowest BCUT2D eigenvalue weighted by Gasteiger charge is -2.14. The standard InChI is InChI=1S/C11H13ClN2O2/c12-7-1-2-9(11(13)15)10(5-7)16-8-3-4-14-6-8/h1-2,5,8,14H,3-4,6H2,(H2,13,15). The van der Waals surface area contributed by atoms with Gasteiger partial charge in [0.2, 0.25) is 0 Å². The van der Waals surface area contributed by atoms with Crippen molar-refractivity contribution in [1.82, 2.24) is 5.32 Å². The van der Waals surface area contributed by atoms with Crippen molar-refractivity contribution in [3.05, 3.63) is 28.8 Å². The Kier molecular flexibility index (Phi) is 3.31. The Hall–Kier alpha value is -1.26. The van der Waals surface area contributed by atoms with Gasteiger partial charge in [-0.25, -0.2) is 0 Å². The molecule has 86 valence electrons. The van der Waals surface area contributed by atoms with Crippen LogP contribution in [0.1, 0.15) is 16.8 Å². The molecule has 0 spiro atoms. The first-order valence-corrected chi connectivity index (χ1v) is 5.51. The van der Waals surface area contributed by atoms with E-state index in [1.54, 1.807) is 18.2 Å². The van der Waals surface area contributed by atoms with Crippen molar-refractivity contribution in [3.8, 4) is 5.75 Å². The van der Waals surface area contributed by atoms with Gasteiger partial charge in [-0.1, -0.05) is 11.6 Å². The third kappa shape index (κ3) is 2.46. The number of carbonyl (C=O) groups is 1. The fourth-order valence-corrected chi connectivity index (χ4v) is 1.87. The number of hydrogen-bond acceptors (Lipinski definition) is 3. The van der Waals surface area contributed by atoms with E-state index in [-0.39, 0.29) is 6.10 Å². The summed E-state index contributed by atoms with van der Waals surface area (Å²) < 4.78 is 5.70. The molecule has 0 radical (unpaired) electrons. The van der Waals surface area contributed by atoms with E-state index < -0.39 is 5.91 Å². The molecule has 0 aliphatic carbocycles. The van der Waals surface area contributed by atoms with Gasteiger partial charge in [-0.2, -0.15) is 0 Å². The molecule has 1 aromatic rings. The van der Waals surface area contributed by atoms with Crippen molar-refractivity contribution < 1.29 is 9.53 Å². The maximum atomic E-state index is 11.2. The molecule has 1 atom stereocenters. The van der Waals surface area contributed by atoms with E-state index in [0.29, 0.717) is 16.3 Å². The molecule has 1 amide bonds. The average Bonchev–Trinajstić information content (AvgIpc) is 2.70. The lowest BCUT2D eigenvalue weighted by atomic mass is 10.2. The van der Waals surface area contributed by atoms with Crippen molar-refractivity contribution in [2.24, 2.45) is 5.73 Å². The minimum atomic E-state index is -0.502. The molecule has 0 aromatic heterocycles. The van der Waals surface area contributed by atoms with Gasteiger partial charge in [0.05, 0.1) is 5.56 Å². The number of amides is 1. The first kappa shape index (κ1) is 11.2. The van der Waals surface area contributed by atoms with Crippen LogP contribution in [0.5, 0.6) is 5.75 Å². The predicted molar refractivity (Wildman–Crippen MR) is 61.9 cm³/mol. The molecule has 1 aromatic carbocycles. The Morgan fingerprint density at radius 3 is 3.00 bits per heavy atom. The Morgan fingerprint density at radius 2 is 2.38 bits per heavy atom. The van der Waals surface area contributed by atoms with E-state index in [1.807, 2.05) is 0 Å². The van der Waals surface area contributed by atoms with Crippen LogP contribution in [0.4, 0.5) is 0 Å². The first-order valence-electron chi connectivity index (χ1n) is 5.13. The summed E-state index contributed by atoms with van der Waals surface area (Å²) in [5, 5.41) is 3.72. The molecule has 1 fully saturated rings. The lowest BCUT2D eigenvalue weighted by Crippen LogP contribution is -2.22. The fraction of sp³-hybridized carbons (Fsp3) is 0.364. The third-order valence-electron chi connectivity index (χ3n) is 2.52. The van der Waals surface area contributed by atoms with E-state index in [9.17, 15) is 4.79 Å². The molecule has 0 saturated carbocycles. The average molecular weight is 241 g/mol. The summed E-state index contributed by atoms with van der Waals surface area (Å²) in [5.41, 5.74) is 5.63. The maximum Gasteiger partial charge on any atom is 0.252 e. The quantitative estimate of drug-likeness (QED) is 0.834. The van der Waals surface area contributed by atoms with Gasteiger partial charge in [0.15, 0.2) is 0 Å². The summed E-state index contributed by atoms with van der Waals surface area (Å²) >= 11 is 5.86. The van der Waals surface area contributed by atoms with Gasteiger partial charge in [0.1, 0.15) is 11.9 Å². The molecule has 5 heteroatoms. The second kappa shape index (κ2) is 4.72. The summed E-state index contributed by atoms with van der Waals surface area (Å²) in [6, 6.07) is 4.84. The van der Waals surface area contributed by atoms with Crippen molar-refractivity contribution >= 4 is 17.5 Å². The van der Waals surface area contributed by atoms with E-state index in [1.165, 1.54) is 0 Å². The molecule has 1 saturated heterocycles. The van der Waals surface area contributed by atoms with E-state index >= 15 is 0 Å². The predicted octanol–water partition coefficient (Wildman–Crippen LogP) is 1.18. The molecular formula is C11H13ClN2O2. The Bertz CT molecular complexity index is 403. The van der Waals surface area contributed by atoms with Gasteiger partial charge >= 0.3 is 0 Å². The molecular weight excluding hydrogens is 228 g/mol. The minimum absolute atomic E-state index is 0.0802. The van der Waals surface area contributed by atoms with Gasteiger partial charge < -0.3 is 15.8 Å². The SMILES string of the molecule is NC(=O)c1ccc(Cl)cc1OC1CCNC1. The molecule has 4 nitrogen and oxygen atoms in total. The van der Waals surface area contributed by atoms with E-state index in [4.69, 9.17) is 22.1 Å². The van der Waals surface area contributed by atoms with Crippen LogP contribution >= 0.6 is 11.6 Å². The zero-order valence-electron chi connectivity index (χ0n) is 8.70. The summed E-state index contributed by atoms with van der Waals surface area (Å²) in [4.78, 5) is 11.2. The van der Waals surface area contributed by atoms with Gasteiger partial charge in [0.25, 0.3) is 5.91 Å². The van der Waals surface area contributed by atoms with Crippen LogP contribution in [0, 0.1) is 0 Å². The van der Waals surface area contributed by atoms with Crippen molar-refractivity contribution in [2.75, 3.05) is 13.1 Å². The van der Waals surface area contributed by atoms with Gasteiger partial charge in [0, 0.05) is 11.6 Å². The molecule has 2 rings (SSSR count). The molecule has 0 bridgehead atoms. The Balaban J connectivity index is 2.22. The number of nitrogens with two attached hydrogens (primary N) is 1. The number of ether oxygens (including phenoxy) is 1. The van der Waals surface area contributed by atoms with Crippen molar-refractivity contribution in [2.45, 2.75) is 12.5 Å². The van der Waals surface area contributed by atoms with Crippen LogP contribution < -0.4 is 15.8 Å². The first-order chi connectivity index (χ1) is 7.66. The Morgan fingerprint density at radius 1 is 1.56 bits per heavy atom. The zero-order valence-corrected chi connectivity index (χ0v) is 9.46. The summed E-state index contributed by atoms with van der Waals surface area (Å²) in [7, 11) is 0. The minimum Gasteiger partial charge on any atom is -0.488 e. The number of rotatable bonds is 3. The maximum absolute atomic E-state index is 11.2. The molecule has 1 unspecified atom stereocenters. The number of carbonyl (C=O) groups excluding carboxylic acids is 1. The van der Waals surface area contributed by atoms with Crippen LogP contribution in [-0.2, 0) is 0 Å². The highest BCUT2D eigenvalue weighted by Crippen LogP contribution is 2.25. The summed E-state index contributed by atoms with van der Waals surface area (Å²) in [6.45, 7) is 1.71. The van der Waals surface area contributed by atoms with Crippen molar-refractivity contribution in [3.63, 3.8) is 0 Å². The van der Waals surface area contributed by atoms with Gasteiger partial charge in [-0.15, -0.1) is 0 Å². The second-order valence-electron chi connectivity index (χ2n) is 3.74. The highest BCUT2D eigenvalue weighted by Gasteiger charge is 2.19. The van der Waals surface area contributed by atoms with E-state index in [0.717, 1.165) is 19.5 Å². The molecule has 1 aliphatic rings. The molecule has 16 heavy (non-hydrogen) atoms. The number of halogens is 1. The van der Waals surface area contributed by atoms with Gasteiger partial charge in [-0.3, -0.25) is 4.79 Å². The molecule has 1 aliphatic heterocycles. The van der Waals surface area contributed by atoms with Crippen LogP contribution in [-0.4, -0.2) is 25.1 Å². The van der Waals surface area contributed by atoms with Crippen LogP contribution in [0.15, 0.2) is 18.2 Å². The number of benzene rings is 1. The fourth-order valence-electron chi connectivity index (χ4n) is 1.71. The summed E-state index contributed by atoms with van der Waals surface area (Å²) in [6.07, 6.45) is 1.00. The van der Waals surface area contributed by atoms with E-state index in [2.05, 4.69) is 5.32 Å². The highest BCUT2D eigenvalue weighted by molar-refractivity contribution is 6.30. The smallest absolute Gasteiger partial charge is 0.252 e.